The number of carbonyl (C=O) groups excluding carboxylic acids is 1. The average molecular weight is 374 g/mol. The zero-order valence-electron chi connectivity index (χ0n) is 10.8. The number of amides is 1. The highest BCUT2D eigenvalue weighted by molar-refractivity contribution is 9.10. The molecule has 0 saturated carbocycles. The zero-order chi connectivity index (χ0) is 14.9. The molecular formula is C14H11BrCl2N2O. The Balaban J connectivity index is 2.37. The molecule has 0 fully saturated rings. The van der Waals surface area contributed by atoms with Crippen LogP contribution in [0.25, 0.3) is 0 Å². The van der Waals surface area contributed by atoms with Crippen molar-refractivity contribution in [2.24, 2.45) is 0 Å². The minimum atomic E-state index is -0.232. The van der Waals surface area contributed by atoms with Gasteiger partial charge in [0.25, 0.3) is 5.91 Å². The van der Waals surface area contributed by atoms with Crippen LogP contribution in [0.5, 0.6) is 0 Å². The van der Waals surface area contributed by atoms with Crippen molar-refractivity contribution in [1.29, 1.82) is 0 Å². The second-order valence-corrected chi connectivity index (χ2v) is 5.93. The van der Waals surface area contributed by atoms with Crippen molar-refractivity contribution in [1.82, 2.24) is 4.98 Å². The Hall–Kier alpha value is -1.10. The molecule has 6 heteroatoms. The first kappa shape index (κ1) is 15.3. The van der Waals surface area contributed by atoms with Gasteiger partial charge < -0.3 is 4.90 Å². The highest BCUT2D eigenvalue weighted by Crippen LogP contribution is 2.26. The minimum absolute atomic E-state index is 0.101. The lowest BCUT2D eigenvalue weighted by Gasteiger charge is -2.20. The van der Waals surface area contributed by atoms with E-state index in [-0.39, 0.29) is 16.2 Å². The van der Waals surface area contributed by atoms with Gasteiger partial charge in [-0.25, -0.2) is 4.98 Å². The fourth-order valence-corrected chi connectivity index (χ4v) is 2.76. The molecule has 20 heavy (non-hydrogen) atoms. The number of nitrogens with zero attached hydrogens (tertiary/aromatic N) is 2. The van der Waals surface area contributed by atoms with E-state index in [2.05, 4.69) is 20.9 Å². The summed E-state index contributed by atoms with van der Waals surface area (Å²) in [5.74, 6) is -0.232. The van der Waals surface area contributed by atoms with Gasteiger partial charge in [0, 0.05) is 17.2 Å². The number of rotatable bonds is 2. The van der Waals surface area contributed by atoms with E-state index >= 15 is 0 Å². The molecule has 0 N–H and O–H groups in total. The maximum Gasteiger partial charge on any atom is 0.261 e. The number of aryl methyl sites for hydroxylation is 1. The van der Waals surface area contributed by atoms with Crippen molar-refractivity contribution in [3.05, 3.63) is 56.2 Å². The quantitative estimate of drug-likeness (QED) is 0.712. The molecule has 0 aliphatic carbocycles. The summed E-state index contributed by atoms with van der Waals surface area (Å²) in [6.07, 6.45) is 0. The summed E-state index contributed by atoms with van der Waals surface area (Å²) < 4.78 is 0.964. The second kappa shape index (κ2) is 6.12. The molecule has 0 spiro atoms. The van der Waals surface area contributed by atoms with Crippen LogP contribution in [0.3, 0.4) is 0 Å². The Kier molecular flexibility index (Phi) is 4.68. The third kappa shape index (κ3) is 3.14. The number of benzene rings is 1. The molecule has 2 aromatic rings. The van der Waals surface area contributed by atoms with E-state index in [0.717, 1.165) is 15.7 Å². The van der Waals surface area contributed by atoms with Crippen LogP contribution in [0.1, 0.15) is 15.9 Å². The lowest BCUT2D eigenvalue weighted by molar-refractivity contribution is 0.0992. The first-order valence-electron chi connectivity index (χ1n) is 5.76. The summed E-state index contributed by atoms with van der Waals surface area (Å²) in [6, 6.07) is 8.82. The molecule has 0 aliphatic rings. The largest absolute Gasteiger partial charge is 0.311 e. The number of halogens is 3. The van der Waals surface area contributed by atoms with Gasteiger partial charge in [0.2, 0.25) is 0 Å². The molecule has 3 nitrogen and oxygen atoms in total. The lowest BCUT2D eigenvalue weighted by Crippen LogP contribution is -2.27. The van der Waals surface area contributed by atoms with Gasteiger partial charge in [-0.15, -0.1) is 0 Å². The third-order valence-corrected chi connectivity index (χ3v) is 3.86. The summed E-state index contributed by atoms with van der Waals surface area (Å²) in [5.41, 5.74) is 2.11. The maximum absolute atomic E-state index is 12.5. The molecule has 0 saturated heterocycles. The van der Waals surface area contributed by atoms with E-state index in [1.807, 2.05) is 25.1 Å². The Labute approximate surface area is 135 Å². The van der Waals surface area contributed by atoms with Crippen LogP contribution in [-0.4, -0.2) is 17.9 Å². The summed E-state index contributed by atoms with van der Waals surface area (Å²) in [4.78, 5) is 17.9. The predicted molar refractivity (Wildman–Crippen MR) is 85.9 cm³/mol. The molecule has 2 rings (SSSR count). The van der Waals surface area contributed by atoms with Crippen molar-refractivity contribution in [2.75, 3.05) is 11.9 Å². The van der Waals surface area contributed by atoms with Gasteiger partial charge in [0.05, 0.1) is 5.56 Å². The lowest BCUT2D eigenvalue weighted by atomic mass is 10.1. The van der Waals surface area contributed by atoms with Crippen LogP contribution in [0.2, 0.25) is 10.3 Å². The van der Waals surface area contributed by atoms with Crippen LogP contribution in [0, 0.1) is 6.92 Å². The molecular weight excluding hydrogens is 363 g/mol. The van der Waals surface area contributed by atoms with Gasteiger partial charge in [-0.05, 0) is 42.8 Å². The van der Waals surface area contributed by atoms with Crippen LogP contribution >= 0.6 is 39.1 Å². The van der Waals surface area contributed by atoms with Gasteiger partial charge in [0.15, 0.2) is 0 Å². The number of aromatic nitrogens is 1. The molecule has 0 aliphatic heterocycles. The molecule has 1 aromatic heterocycles. The molecule has 104 valence electrons. The molecule has 1 amide bonds. The van der Waals surface area contributed by atoms with Crippen LogP contribution < -0.4 is 4.90 Å². The molecule has 0 radical (unpaired) electrons. The zero-order valence-corrected chi connectivity index (χ0v) is 13.9. The van der Waals surface area contributed by atoms with Crippen molar-refractivity contribution in [3.8, 4) is 0 Å². The first-order chi connectivity index (χ1) is 9.40. The van der Waals surface area contributed by atoms with E-state index < -0.39 is 0 Å². The topological polar surface area (TPSA) is 33.2 Å². The number of anilines is 1. The number of hydrogen-bond acceptors (Lipinski definition) is 2. The van der Waals surface area contributed by atoms with E-state index in [0.29, 0.717) is 5.56 Å². The van der Waals surface area contributed by atoms with Gasteiger partial charge in [-0.3, -0.25) is 4.79 Å². The van der Waals surface area contributed by atoms with Crippen molar-refractivity contribution < 1.29 is 4.79 Å². The maximum atomic E-state index is 12.5. The Bertz CT molecular complexity index is 676. The molecule has 0 bridgehead atoms. The molecule has 0 unspecified atom stereocenters. The Morgan fingerprint density at radius 3 is 2.55 bits per heavy atom. The standard InChI is InChI=1S/C14H11BrCl2N2O/c1-8-7-9(15)3-5-11(8)19(2)14(20)10-4-6-12(16)18-13(10)17/h3-7H,1-2H3. The van der Waals surface area contributed by atoms with Gasteiger partial charge in [-0.2, -0.15) is 0 Å². The smallest absolute Gasteiger partial charge is 0.261 e. The van der Waals surface area contributed by atoms with Gasteiger partial charge in [-0.1, -0.05) is 39.1 Å². The number of hydrogen-bond donors (Lipinski definition) is 0. The first-order valence-corrected chi connectivity index (χ1v) is 7.31. The minimum Gasteiger partial charge on any atom is -0.311 e. The van der Waals surface area contributed by atoms with Crippen LogP contribution in [0.15, 0.2) is 34.8 Å². The molecule has 1 heterocycles. The monoisotopic (exact) mass is 372 g/mol. The van der Waals surface area contributed by atoms with E-state index in [1.54, 1.807) is 24.1 Å². The summed E-state index contributed by atoms with van der Waals surface area (Å²) in [7, 11) is 1.70. The number of carbonyl (C=O) groups is 1. The van der Waals surface area contributed by atoms with Gasteiger partial charge >= 0.3 is 0 Å². The van der Waals surface area contributed by atoms with Crippen molar-refractivity contribution >= 4 is 50.7 Å². The normalized spacial score (nSPS) is 10.4. The SMILES string of the molecule is Cc1cc(Br)ccc1N(C)C(=O)c1ccc(Cl)nc1Cl. The Morgan fingerprint density at radius 1 is 1.25 bits per heavy atom. The van der Waals surface area contributed by atoms with Crippen molar-refractivity contribution in [2.45, 2.75) is 6.92 Å². The van der Waals surface area contributed by atoms with E-state index in [9.17, 15) is 4.79 Å². The summed E-state index contributed by atoms with van der Waals surface area (Å²) in [5, 5.41) is 0.359. The fraction of sp³-hybridized carbons (Fsp3) is 0.143. The Morgan fingerprint density at radius 2 is 1.95 bits per heavy atom. The summed E-state index contributed by atoms with van der Waals surface area (Å²) in [6.45, 7) is 1.94. The third-order valence-electron chi connectivity index (χ3n) is 2.87. The highest BCUT2D eigenvalue weighted by Gasteiger charge is 2.18. The second-order valence-electron chi connectivity index (χ2n) is 4.27. The van der Waals surface area contributed by atoms with E-state index in [4.69, 9.17) is 23.2 Å². The highest BCUT2D eigenvalue weighted by atomic mass is 79.9. The van der Waals surface area contributed by atoms with E-state index in [1.165, 1.54) is 0 Å². The molecule has 1 aromatic carbocycles. The molecule has 0 atom stereocenters. The number of pyridine rings is 1. The van der Waals surface area contributed by atoms with Crippen LogP contribution in [-0.2, 0) is 0 Å². The van der Waals surface area contributed by atoms with Crippen LogP contribution in [0.4, 0.5) is 5.69 Å². The summed E-state index contributed by atoms with van der Waals surface area (Å²) >= 11 is 15.1. The predicted octanol–water partition coefficient (Wildman–Crippen LogP) is 4.74. The fourth-order valence-electron chi connectivity index (χ4n) is 1.86. The van der Waals surface area contributed by atoms with Crippen molar-refractivity contribution in [3.63, 3.8) is 0 Å². The van der Waals surface area contributed by atoms with Gasteiger partial charge in [0.1, 0.15) is 10.3 Å². The average Bonchev–Trinajstić information content (AvgIpc) is 2.37.